The maximum Gasteiger partial charge on any atom is 0.317 e. The minimum absolute atomic E-state index is 0.0424. The van der Waals surface area contributed by atoms with E-state index in [9.17, 15) is 4.79 Å². The molecule has 2 amide bonds. The lowest BCUT2D eigenvalue weighted by molar-refractivity contribution is 0.146. The summed E-state index contributed by atoms with van der Waals surface area (Å²) in [5.41, 5.74) is 2.38. The van der Waals surface area contributed by atoms with E-state index >= 15 is 0 Å². The number of nitrogens with one attached hydrogen (secondary N) is 1. The van der Waals surface area contributed by atoms with E-state index in [2.05, 4.69) is 22.8 Å². The zero-order chi connectivity index (χ0) is 15.6. The number of urea groups is 1. The Labute approximate surface area is 135 Å². The second-order valence-electron chi connectivity index (χ2n) is 5.01. The van der Waals surface area contributed by atoms with Gasteiger partial charge in [-0.05, 0) is 34.4 Å². The quantitative estimate of drug-likeness (QED) is 0.812. The summed E-state index contributed by atoms with van der Waals surface area (Å²) in [6.45, 7) is 2.37. The van der Waals surface area contributed by atoms with E-state index in [-0.39, 0.29) is 6.03 Å². The number of amides is 2. The van der Waals surface area contributed by atoms with Crippen LogP contribution in [-0.2, 0) is 17.7 Å². The third kappa shape index (κ3) is 5.50. The fourth-order valence-electron chi connectivity index (χ4n) is 2.13. The molecule has 22 heavy (non-hydrogen) atoms. The second-order valence-corrected chi connectivity index (χ2v) is 5.79. The zero-order valence-electron chi connectivity index (χ0n) is 12.8. The van der Waals surface area contributed by atoms with E-state index in [0.29, 0.717) is 26.2 Å². The second kappa shape index (κ2) is 9.23. The van der Waals surface area contributed by atoms with Crippen LogP contribution in [0.15, 0.2) is 47.2 Å². The van der Waals surface area contributed by atoms with Crippen molar-refractivity contribution in [2.45, 2.75) is 13.0 Å². The Bertz CT molecular complexity index is 543. The standard InChI is InChI=1S/C17H22N2O2S/c1-21-11-10-19(13-16-8-12-22-14-16)17(20)18-9-7-15-5-3-2-4-6-15/h2-6,8,12,14H,7,9-11,13H2,1H3,(H,18,20). The molecule has 118 valence electrons. The minimum atomic E-state index is -0.0424. The van der Waals surface area contributed by atoms with Gasteiger partial charge >= 0.3 is 6.03 Å². The fourth-order valence-corrected chi connectivity index (χ4v) is 2.79. The molecule has 0 aliphatic carbocycles. The number of nitrogens with zero attached hydrogens (tertiary/aromatic N) is 1. The number of carbonyl (C=O) groups is 1. The minimum Gasteiger partial charge on any atom is -0.383 e. The zero-order valence-corrected chi connectivity index (χ0v) is 13.6. The number of rotatable bonds is 8. The average Bonchev–Trinajstić information content (AvgIpc) is 3.05. The number of hydrogen-bond donors (Lipinski definition) is 1. The molecule has 0 bridgehead atoms. The molecule has 1 N–H and O–H groups in total. The van der Waals surface area contributed by atoms with Crippen LogP contribution in [0.25, 0.3) is 0 Å². The number of ether oxygens (including phenoxy) is 1. The molecule has 0 radical (unpaired) electrons. The Kier molecular flexibility index (Phi) is 6.93. The van der Waals surface area contributed by atoms with E-state index in [1.807, 2.05) is 29.6 Å². The summed E-state index contributed by atoms with van der Waals surface area (Å²) in [6.07, 6.45) is 0.836. The largest absolute Gasteiger partial charge is 0.383 e. The van der Waals surface area contributed by atoms with Crippen molar-refractivity contribution in [2.24, 2.45) is 0 Å². The first-order valence-corrected chi connectivity index (χ1v) is 8.30. The monoisotopic (exact) mass is 318 g/mol. The summed E-state index contributed by atoms with van der Waals surface area (Å²) in [6, 6.07) is 12.2. The molecule has 1 aromatic carbocycles. The van der Waals surface area contributed by atoms with Crippen LogP contribution in [0.2, 0.25) is 0 Å². The van der Waals surface area contributed by atoms with Crippen LogP contribution in [0.1, 0.15) is 11.1 Å². The van der Waals surface area contributed by atoms with Gasteiger partial charge in [0.05, 0.1) is 6.61 Å². The van der Waals surface area contributed by atoms with Gasteiger partial charge in [0.1, 0.15) is 0 Å². The molecular weight excluding hydrogens is 296 g/mol. The van der Waals surface area contributed by atoms with Crippen molar-refractivity contribution in [3.63, 3.8) is 0 Å². The van der Waals surface area contributed by atoms with Crippen molar-refractivity contribution in [3.8, 4) is 0 Å². The van der Waals surface area contributed by atoms with Crippen molar-refractivity contribution in [2.75, 3.05) is 26.8 Å². The highest BCUT2D eigenvalue weighted by Crippen LogP contribution is 2.09. The molecule has 2 rings (SSSR count). The van der Waals surface area contributed by atoms with Crippen molar-refractivity contribution in [1.82, 2.24) is 10.2 Å². The smallest absolute Gasteiger partial charge is 0.317 e. The van der Waals surface area contributed by atoms with Gasteiger partial charge < -0.3 is 15.0 Å². The van der Waals surface area contributed by atoms with Gasteiger partial charge in [0.25, 0.3) is 0 Å². The molecule has 1 aromatic heterocycles. The maximum atomic E-state index is 12.3. The fraction of sp³-hybridized carbons (Fsp3) is 0.353. The van der Waals surface area contributed by atoms with Crippen LogP contribution >= 0.6 is 11.3 Å². The van der Waals surface area contributed by atoms with E-state index in [1.165, 1.54) is 5.56 Å². The summed E-state index contributed by atoms with van der Waals surface area (Å²) in [5.74, 6) is 0. The molecule has 0 fully saturated rings. The van der Waals surface area contributed by atoms with Gasteiger partial charge in [-0.2, -0.15) is 11.3 Å². The third-order valence-electron chi connectivity index (χ3n) is 3.34. The van der Waals surface area contributed by atoms with Crippen molar-refractivity contribution < 1.29 is 9.53 Å². The highest BCUT2D eigenvalue weighted by molar-refractivity contribution is 7.07. The van der Waals surface area contributed by atoms with Crippen LogP contribution < -0.4 is 5.32 Å². The molecule has 0 aliphatic rings. The SMILES string of the molecule is COCCN(Cc1ccsc1)C(=O)NCCc1ccccc1. The summed E-state index contributed by atoms with van der Waals surface area (Å²) in [4.78, 5) is 14.1. The molecule has 1 heterocycles. The van der Waals surface area contributed by atoms with Gasteiger partial charge in [0, 0.05) is 26.7 Å². The summed E-state index contributed by atoms with van der Waals surface area (Å²) >= 11 is 1.64. The first-order valence-electron chi connectivity index (χ1n) is 7.36. The van der Waals surface area contributed by atoms with E-state index in [4.69, 9.17) is 4.74 Å². The molecule has 0 spiro atoms. The Hall–Kier alpha value is -1.85. The highest BCUT2D eigenvalue weighted by atomic mass is 32.1. The number of carbonyl (C=O) groups excluding carboxylic acids is 1. The lowest BCUT2D eigenvalue weighted by atomic mass is 10.1. The molecule has 0 saturated carbocycles. The summed E-state index contributed by atoms with van der Waals surface area (Å²) < 4.78 is 5.10. The number of methoxy groups -OCH3 is 1. The topological polar surface area (TPSA) is 41.6 Å². The van der Waals surface area contributed by atoms with Crippen molar-refractivity contribution >= 4 is 17.4 Å². The molecule has 0 atom stereocenters. The van der Waals surface area contributed by atoms with Crippen LogP contribution in [0, 0.1) is 0 Å². The first kappa shape index (κ1) is 16.5. The lowest BCUT2D eigenvalue weighted by Crippen LogP contribution is -2.41. The van der Waals surface area contributed by atoms with Crippen molar-refractivity contribution in [3.05, 3.63) is 58.3 Å². The maximum absolute atomic E-state index is 12.3. The Morgan fingerprint density at radius 1 is 1.23 bits per heavy atom. The molecule has 0 aliphatic heterocycles. The summed E-state index contributed by atoms with van der Waals surface area (Å²) in [5, 5.41) is 7.08. The third-order valence-corrected chi connectivity index (χ3v) is 4.07. The first-order chi connectivity index (χ1) is 10.8. The van der Waals surface area contributed by atoms with Gasteiger partial charge in [0.2, 0.25) is 0 Å². The van der Waals surface area contributed by atoms with Crippen LogP contribution in [-0.4, -0.2) is 37.7 Å². The molecule has 0 unspecified atom stereocenters. The van der Waals surface area contributed by atoms with Gasteiger partial charge in [-0.25, -0.2) is 4.79 Å². The Morgan fingerprint density at radius 3 is 2.73 bits per heavy atom. The average molecular weight is 318 g/mol. The number of hydrogen-bond acceptors (Lipinski definition) is 3. The lowest BCUT2D eigenvalue weighted by Gasteiger charge is -2.22. The molecule has 5 heteroatoms. The summed E-state index contributed by atoms with van der Waals surface area (Å²) in [7, 11) is 1.65. The Morgan fingerprint density at radius 2 is 2.05 bits per heavy atom. The van der Waals surface area contributed by atoms with E-state index in [0.717, 1.165) is 12.0 Å². The highest BCUT2D eigenvalue weighted by Gasteiger charge is 2.13. The van der Waals surface area contributed by atoms with Crippen LogP contribution in [0.4, 0.5) is 4.79 Å². The van der Waals surface area contributed by atoms with E-state index < -0.39 is 0 Å². The number of thiophene rings is 1. The van der Waals surface area contributed by atoms with Crippen molar-refractivity contribution in [1.29, 1.82) is 0 Å². The molecule has 4 nitrogen and oxygen atoms in total. The molecule has 2 aromatic rings. The normalized spacial score (nSPS) is 10.4. The van der Waals surface area contributed by atoms with Crippen LogP contribution in [0.3, 0.4) is 0 Å². The molecule has 0 saturated heterocycles. The van der Waals surface area contributed by atoms with Crippen LogP contribution in [0.5, 0.6) is 0 Å². The van der Waals surface area contributed by atoms with E-state index in [1.54, 1.807) is 23.3 Å². The Balaban J connectivity index is 1.82. The predicted molar refractivity (Wildman–Crippen MR) is 90.1 cm³/mol. The van der Waals surface area contributed by atoms with Gasteiger partial charge in [-0.15, -0.1) is 0 Å². The van der Waals surface area contributed by atoms with Gasteiger partial charge in [0.15, 0.2) is 0 Å². The van der Waals surface area contributed by atoms with Gasteiger partial charge in [-0.1, -0.05) is 30.3 Å². The number of benzene rings is 1. The predicted octanol–water partition coefficient (Wildman–Crippen LogP) is 3.15. The molecular formula is C17H22N2O2S. The van der Waals surface area contributed by atoms with Gasteiger partial charge in [-0.3, -0.25) is 0 Å².